The Balaban J connectivity index is 2.07. The third-order valence-electron chi connectivity index (χ3n) is 5.24. The Hall–Kier alpha value is -2.25. The number of benzene rings is 3. The second-order valence-electron chi connectivity index (χ2n) is 6.87. The molecule has 4 aromatic rings. The highest BCUT2D eigenvalue weighted by molar-refractivity contribution is 6.35. The van der Waals surface area contributed by atoms with Crippen LogP contribution in [-0.2, 0) is 5.41 Å². The van der Waals surface area contributed by atoms with Gasteiger partial charge in [0, 0.05) is 32.8 Å². The first-order valence-corrected chi connectivity index (χ1v) is 8.30. The van der Waals surface area contributed by atoms with Crippen LogP contribution in [0.2, 0.25) is 5.02 Å². The Bertz CT molecular complexity index is 1100. The van der Waals surface area contributed by atoms with Crippen molar-refractivity contribution in [3.63, 3.8) is 0 Å². The molecule has 1 N–H and O–H groups in total. The van der Waals surface area contributed by atoms with Crippen LogP contribution in [0, 0.1) is 0 Å². The number of fused-ring (bicyclic) bond motifs is 7. The molecule has 0 radical (unpaired) electrons. The van der Waals surface area contributed by atoms with Crippen molar-refractivity contribution in [2.45, 2.75) is 19.3 Å². The number of aromatic amines is 1. The summed E-state index contributed by atoms with van der Waals surface area (Å²) in [6.45, 7) is 4.60. The number of rotatable bonds is 0. The summed E-state index contributed by atoms with van der Waals surface area (Å²) < 4.78 is 0. The SMILES string of the molecule is CC1(C)c2ccccc2-c2c(Cl)cc3[nH]c4ccccc4c3c21. The molecule has 1 heterocycles. The molecule has 1 aromatic heterocycles. The van der Waals surface area contributed by atoms with Gasteiger partial charge in [-0.05, 0) is 28.8 Å². The molecule has 1 aliphatic carbocycles. The van der Waals surface area contributed by atoms with Gasteiger partial charge in [0.2, 0.25) is 0 Å². The van der Waals surface area contributed by atoms with Gasteiger partial charge in [-0.1, -0.05) is 67.9 Å². The Morgan fingerprint density at radius 3 is 2.52 bits per heavy atom. The highest BCUT2D eigenvalue weighted by atomic mass is 35.5. The van der Waals surface area contributed by atoms with Gasteiger partial charge in [-0.3, -0.25) is 0 Å². The third kappa shape index (κ3) is 1.53. The molecular formula is C21H16ClN. The fourth-order valence-corrected chi connectivity index (χ4v) is 4.56. The Morgan fingerprint density at radius 1 is 0.913 bits per heavy atom. The average molecular weight is 318 g/mol. The molecule has 1 nitrogen and oxygen atoms in total. The van der Waals surface area contributed by atoms with Gasteiger partial charge in [0.15, 0.2) is 0 Å². The highest BCUT2D eigenvalue weighted by Crippen LogP contribution is 2.54. The van der Waals surface area contributed by atoms with Gasteiger partial charge in [0.25, 0.3) is 0 Å². The van der Waals surface area contributed by atoms with E-state index in [1.165, 1.54) is 38.5 Å². The summed E-state index contributed by atoms with van der Waals surface area (Å²) in [5.41, 5.74) is 7.40. The van der Waals surface area contributed by atoms with Crippen molar-refractivity contribution in [2.75, 3.05) is 0 Å². The van der Waals surface area contributed by atoms with Crippen molar-refractivity contribution < 1.29 is 0 Å². The van der Waals surface area contributed by atoms with Crippen LogP contribution in [0.25, 0.3) is 32.9 Å². The quantitative estimate of drug-likeness (QED) is 0.393. The predicted molar refractivity (Wildman–Crippen MR) is 98.4 cm³/mol. The first kappa shape index (κ1) is 13.2. The minimum absolute atomic E-state index is 0.0555. The Kier molecular flexibility index (Phi) is 2.40. The maximum absolute atomic E-state index is 6.71. The van der Waals surface area contributed by atoms with Crippen LogP contribution in [0.15, 0.2) is 54.6 Å². The second kappa shape index (κ2) is 4.18. The van der Waals surface area contributed by atoms with Crippen molar-refractivity contribution in [1.82, 2.24) is 4.98 Å². The van der Waals surface area contributed by atoms with Crippen LogP contribution in [0.3, 0.4) is 0 Å². The number of hydrogen-bond acceptors (Lipinski definition) is 0. The van der Waals surface area contributed by atoms with Crippen LogP contribution in [0.5, 0.6) is 0 Å². The molecule has 0 saturated heterocycles. The Morgan fingerprint density at radius 2 is 1.65 bits per heavy atom. The fraction of sp³-hybridized carbons (Fsp3) is 0.143. The summed E-state index contributed by atoms with van der Waals surface area (Å²) in [5.74, 6) is 0. The number of H-pyrrole nitrogens is 1. The lowest BCUT2D eigenvalue weighted by Crippen LogP contribution is -2.15. The molecule has 112 valence electrons. The van der Waals surface area contributed by atoms with Crippen molar-refractivity contribution in [1.29, 1.82) is 0 Å². The standard InChI is InChI=1S/C21H16ClN/c1-21(2)14-9-5-3-7-12(14)18-15(22)11-17-19(20(18)21)13-8-4-6-10-16(13)23-17/h3-11,23H,1-2H3. The van der Waals surface area contributed by atoms with Gasteiger partial charge < -0.3 is 4.98 Å². The maximum atomic E-state index is 6.71. The van der Waals surface area contributed by atoms with Crippen molar-refractivity contribution in [3.8, 4) is 11.1 Å². The first-order chi connectivity index (χ1) is 11.1. The Labute approximate surface area is 139 Å². The van der Waals surface area contributed by atoms with E-state index in [-0.39, 0.29) is 5.41 Å². The fourth-order valence-electron chi connectivity index (χ4n) is 4.25. The summed E-state index contributed by atoms with van der Waals surface area (Å²) in [5, 5.41) is 3.41. The summed E-state index contributed by atoms with van der Waals surface area (Å²) in [6.07, 6.45) is 0. The van der Waals surface area contributed by atoms with E-state index in [1.807, 2.05) is 0 Å². The van der Waals surface area contributed by atoms with Crippen LogP contribution >= 0.6 is 11.6 Å². The molecule has 2 heteroatoms. The molecule has 23 heavy (non-hydrogen) atoms. The van der Waals surface area contributed by atoms with E-state index in [2.05, 4.69) is 73.4 Å². The number of hydrogen-bond donors (Lipinski definition) is 1. The summed E-state index contributed by atoms with van der Waals surface area (Å²) >= 11 is 6.71. The molecule has 0 aliphatic heterocycles. The number of halogens is 1. The third-order valence-corrected chi connectivity index (χ3v) is 5.54. The molecule has 0 unspecified atom stereocenters. The van der Waals surface area contributed by atoms with Crippen molar-refractivity contribution in [2.24, 2.45) is 0 Å². The van der Waals surface area contributed by atoms with E-state index in [0.717, 1.165) is 10.5 Å². The lowest BCUT2D eigenvalue weighted by molar-refractivity contribution is 0.666. The van der Waals surface area contributed by atoms with E-state index in [1.54, 1.807) is 0 Å². The van der Waals surface area contributed by atoms with E-state index in [9.17, 15) is 0 Å². The number of aromatic nitrogens is 1. The minimum Gasteiger partial charge on any atom is -0.354 e. The molecule has 0 amide bonds. The monoisotopic (exact) mass is 317 g/mol. The maximum Gasteiger partial charge on any atom is 0.0508 e. The zero-order valence-electron chi connectivity index (χ0n) is 13.1. The topological polar surface area (TPSA) is 15.8 Å². The van der Waals surface area contributed by atoms with Gasteiger partial charge in [-0.15, -0.1) is 0 Å². The largest absolute Gasteiger partial charge is 0.354 e. The summed E-state index contributed by atoms with van der Waals surface area (Å²) in [6, 6.07) is 19.2. The van der Waals surface area contributed by atoms with Gasteiger partial charge >= 0.3 is 0 Å². The van der Waals surface area contributed by atoms with E-state index in [0.29, 0.717) is 0 Å². The first-order valence-electron chi connectivity index (χ1n) is 7.92. The van der Waals surface area contributed by atoms with Gasteiger partial charge in [-0.2, -0.15) is 0 Å². The second-order valence-corrected chi connectivity index (χ2v) is 7.28. The van der Waals surface area contributed by atoms with Crippen LogP contribution in [0.1, 0.15) is 25.0 Å². The van der Waals surface area contributed by atoms with Crippen LogP contribution < -0.4 is 0 Å². The molecule has 0 fully saturated rings. The lowest BCUT2D eigenvalue weighted by Gasteiger charge is -2.22. The molecule has 1 aliphatic rings. The molecule has 5 rings (SSSR count). The van der Waals surface area contributed by atoms with E-state index < -0.39 is 0 Å². The molecular weight excluding hydrogens is 302 g/mol. The lowest BCUT2D eigenvalue weighted by atomic mass is 9.80. The van der Waals surface area contributed by atoms with Gasteiger partial charge in [0.1, 0.15) is 0 Å². The molecule has 0 saturated carbocycles. The zero-order valence-corrected chi connectivity index (χ0v) is 13.8. The zero-order chi connectivity index (χ0) is 15.8. The minimum atomic E-state index is -0.0555. The van der Waals surface area contributed by atoms with Crippen LogP contribution in [0.4, 0.5) is 0 Å². The molecule has 3 aromatic carbocycles. The number of nitrogens with one attached hydrogen (secondary N) is 1. The van der Waals surface area contributed by atoms with Gasteiger partial charge in [-0.25, -0.2) is 0 Å². The van der Waals surface area contributed by atoms with Crippen molar-refractivity contribution >= 4 is 33.4 Å². The highest BCUT2D eigenvalue weighted by Gasteiger charge is 2.38. The molecule has 0 bridgehead atoms. The van der Waals surface area contributed by atoms with Crippen LogP contribution in [-0.4, -0.2) is 4.98 Å². The number of para-hydroxylation sites is 1. The molecule has 0 atom stereocenters. The smallest absolute Gasteiger partial charge is 0.0508 e. The summed E-state index contributed by atoms with van der Waals surface area (Å²) in [4.78, 5) is 3.53. The summed E-state index contributed by atoms with van der Waals surface area (Å²) in [7, 11) is 0. The average Bonchev–Trinajstić information content (AvgIpc) is 3.01. The van der Waals surface area contributed by atoms with Crippen molar-refractivity contribution in [3.05, 3.63) is 70.7 Å². The molecule has 0 spiro atoms. The predicted octanol–water partition coefficient (Wildman–Crippen LogP) is 6.28. The van der Waals surface area contributed by atoms with E-state index in [4.69, 9.17) is 11.6 Å². The van der Waals surface area contributed by atoms with E-state index >= 15 is 0 Å². The normalized spacial score (nSPS) is 15.1. The van der Waals surface area contributed by atoms with Gasteiger partial charge in [0.05, 0.1) is 5.02 Å².